The largest absolute Gasteiger partial charge is 0.416 e. The molecule has 1 amide bonds. The lowest BCUT2D eigenvalue weighted by Crippen LogP contribution is -2.36. The smallest absolute Gasteiger partial charge is 0.349 e. The Bertz CT molecular complexity index is 1480. The van der Waals surface area contributed by atoms with Gasteiger partial charge in [0.25, 0.3) is 0 Å². The average Bonchev–Trinajstić information content (AvgIpc) is 2.95. The summed E-state index contributed by atoms with van der Waals surface area (Å²) in [6.07, 6.45) is -2.34. The Morgan fingerprint density at radius 1 is 0.952 bits per heavy atom. The van der Waals surface area contributed by atoms with Crippen LogP contribution in [0.1, 0.15) is 86.0 Å². The molecule has 3 aromatic rings. The van der Waals surface area contributed by atoms with Crippen molar-refractivity contribution in [2.45, 2.75) is 75.7 Å². The highest BCUT2D eigenvalue weighted by atomic mass is 32.2. The number of fused-ring (bicyclic) bond motifs is 1. The average molecular weight is 602 g/mol. The summed E-state index contributed by atoms with van der Waals surface area (Å²) in [6.45, 7) is 7.38. The molecule has 0 radical (unpaired) electrons. The molecule has 0 aromatic heterocycles. The molecule has 3 N–H and O–H groups in total. The van der Waals surface area contributed by atoms with E-state index >= 15 is 0 Å². The van der Waals surface area contributed by atoms with Gasteiger partial charge in [-0.1, -0.05) is 68.4 Å². The van der Waals surface area contributed by atoms with Crippen LogP contribution in [0.25, 0.3) is 0 Å². The fourth-order valence-corrected chi connectivity index (χ4v) is 6.50. The lowest BCUT2D eigenvalue weighted by molar-refractivity contribution is -0.137. The molecule has 1 aliphatic carbocycles. The maximum Gasteiger partial charge on any atom is 0.416 e. The van der Waals surface area contributed by atoms with E-state index in [1.807, 2.05) is 0 Å². The summed E-state index contributed by atoms with van der Waals surface area (Å²) >= 11 is 0. The van der Waals surface area contributed by atoms with Crippen molar-refractivity contribution in [3.05, 3.63) is 101 Å². The number of rotatable bonds is 11. The Labute approximate surface area is 246 Å². The van der Waals surface area contributed by atoms with E-state index in [0.29, 0.717) is 17.5 Å². The van der Waals surface area contributed by atoms with Crippen LogP contribution >= 0.6 is 0 Å². The second-order valence-electron chi connectivity index (χ2n) is 11.3. The number of carbonyl (C=O) groups excluding carboxylic acids is 1. The lowest BCUT2D eigenvalue weighted by atomic mass is 9.85. The van der Waals surface area contributed by atoms with Gasteiger partial charge in [-0.05, 0) is 79.1 Å². The summed E-state index contributed by atoms with van der Waals surface area (Å²) in [7, 11) is -4.38. The molecule has 0 unspecified atom stereocenters. The molecular formula is C32H38F3N3O3S. The van der Waals surface area contributed by atoms with Crippen molar-refractivity contribution in [1.82, 2.24) is 15.4 Å². The molecule has 6 nitrogen and oxygen atoms in total. The maximum atomic E-state index is 13.3. The molecule has 0 aliphatic heterocycles. The molecule has 0 spiro atoms. The number of alkyl halides is 3. The number of halogens is 3. The van der Waals surface area contributed by atoms with Crippen LogP contribution in [0.3, 0.4) is 0 Å². The van der Waals surface area contributed by atoms with Gasteiger partial charge in [0, 0.05) is 12.5 Å². The molecule has 10 heteroatoms. The van der Waals surface area contributed by atoms with Gasteiger partial charge in [-0.15, -0.1) is 0 Å². The van der Waals surface area contributed by atoms with Gasteiger partial charge in [-0.3, -0.25) is 4.79 Å². The second kappa shape index (κ2) is 13.4. The van der Waals surface area contributed by atoms with Crippen LogP contribution in [0.15, 0.2) is 77.7 Å². The Morgan fingerprint density at radius 3 is 2.38 bits per heavy atom. The number of hydrogen-bond donors (Lipinski definition) is 3. The summed E-state index contributed by atoms with van der Waals surface area (Å²) in [5.74, 6) is 0.184. The highest BCUT2D eigenvalue weighted by Gasteiger charge is 2.33. The lowest BCUT2D eigenvalue weighted by Gasteiger charge is -2.29. The molecule has 0 saturated carbocycles. The van der Waals surface area contributed by atoms with E-state index in [2.05, 4.69) is 54.3 Å². The van der Waals surface area contributed by atoms with E-state index < -0.39 is 32.7 Å². The van der Waals surface area contributed by atoms with Crippen LogP contribution in [0, 0.1) is 5.92 Å². The van der Waals surface area contributed by atoms with Crippen LogP contribution in [-0.4, -0.2) is 20.9 Å². The van der Waals surface area contributed by atoms with Crippen LogP contribution in [0.4, 0.5) is 13.2 Å². The number of hydrogen-bond acceptors (Lipinski definition) is 4. The fourth-order valence-electron chi connectivity index (χ4n) is 5.23. The molecule has 0 heterocycles. The highest BCUT2D eigenvalue weighted by Crippen LogP contribution is 2.33. The van der Waals surface area contributed by atoms with Gasteiger partial charge in [-0.2, -0.15) is 13.2 Å². The maximum absolute atomic E-state index is 13.3. The SMILES string of the molecule is CC(C)CN[C@H](C)c1ccc2c(c1)CCC[C@H]2NC(=O)C[C@@H](NS(=O)(=O)c1cccc(C(F)(F)F)c1)c1ccccc1. The Morgan fingerprint density at radius 2 is 1.69 bits per heavy atom. The quantitative estimate of drug-likeness (QED) is 0.231. The zero-order chi connectivity index (χ0) is 30.5. The van der Waals surface area contributed by atoms with Gasteiger partial charge in [0.2, 0.25) is 15.9 Å². The number of amides is 1. The minimum absolute atomic E-state index is 0.198. The van der Waals surface area contributed by atoms with E-state index in [9.17, 15) is 26.4 Å². The van der Waals surface area contributed by atoms with Crippen molar-refractivity contribution in [2.24, 2.45) is 5.92 Å². The molecule has 3 atom stereocenters. The third-order valence-corrected chi connectivity index (χ3v) is 8.98. The zero-order valence-corrected chi connectivity index (χ0v) is 24.9. The first-order chi connectivity index (χ1) is 19.8. The molecule has 42 heavy (non-hydrogen) atoms. The van der Waals surface area contributed by atoms with Crippen molar-refractivity contribution in [3.8, 4) is 0 Å². The number of benzene rings is 3. The number of aryl methyl sites for hydroxylation is 1. The summed E-state index contributed by atoms with van der Waals surface area (Å²) < 4.78 is 68.6. The van der Waals surface area contributed by atoms with E-state index in [-0.39, 0.29) is 24.4 Å². The summed E-state index contributed by atoms with van der Waals surface area (Å²) in [5.41, 5.74) is 2.89. The van der Waals surface area contributed by atoms with Crippen LogP contribution < -0.4 is 15.4 Å². The van der Waals surface area contributed by atoms with Crippen molar-refractivity contribution in [3.63, 3.8) is 0 Å². The molecule has 0 bridgehead atoms. The molecule has 226 valence electrons. The monoisotopic (exact) mass is 601 g/mol. The van der Waals surface area contributed by atoms with Gasteiger partial charge in [0.1, 0.15) is 0 Å². The van der Waals surface area contributed by atoms with Gasteiger partial charge >= 0.3 is 6.18 Å². The van der Waals surface area contributed by atoms with Crippen molar-refractivity contribution >= 4 is 15.9 Å². The predicted octanol–water partition coefficient (Wildman–Crippen LogP) is 6.62. The molecule has 3 aromatic carbocycles. The highest BCUT2D eigenvalue weighted by molar-refractivity contribution is 7.89. The zero-order valence-electron chi connectivity index (χ0n) is 24.0. The van der Waals surface area contributed by atoms with Gasteiger partial charge < -0.3 is 10.6 Å². The first kappa shape index (κ1) is 31.7. The minimum atomic E-state index is -4.69. The minimum Gasteiger partial charge on any atom is -0.349 e. The van der Waals surface area contributed by atoms with Crippen molar-refractivity contribution in [2.75, 3.05) is 6.54 Å². The predicted molar refractivity (Wildman–Crippen MR) is 157 cm³/mol. The van der Waals surface area contributed by atoms with E-state index in [4.69, 9.17) is 0 Å². The summed E-state index contributed by atoms with van der Waals surface area (Å²) in [4.78, 5) is 12.8. The fraction of sp³-hybridized carbons (Fsp3) is 0.406. The van der Waals surface area contributed by atoms with Crippen LogP contribution in [0.2, 0.25) is 0 Å². The Hall–Kier alpha value is -3.21. The van der Waals surface area contributed by atoms with Crippen LogP contribution in [-0.2, 0) is 27.4 Å². The van der Waals surface area contributed by atoms with E-state index in [0.717, 1.165) is 49.6 Å². The first-order valence-corrected chi connectivity index (χ1v) is 15.7. The number of carbonyl (C=O) groups is 1. The molecular weight excluding hydrogens is 563 g/mol. The Kier molecular flexibility index (Phi) is 10.1. The van der Waals surface area contributed by atoms with Gasteiger partial charge in [-0.25, -0.2) is 13.1 Å². The van der Waals surface area contributed by atoms with E-state index in [1.54, 1.807) is 30.3 Å². The third kappa shape index (κ3) is 8.20. The number of nitrogens with one attached hydrogen (secondary N) is 3. The molecule has 1 aliphatic rings. The van der Waals surface area contributed by atoms with Gasteiger partial charge in [0.15, 0.2) is 0 Å². The van der Waals surface area contributed by atoms with Crippen molar-refractivity contribution < 1.29 is 26.4 Å². The number of sulfonamides is 1. The molecule has 0 fully saturated rings. The molecule has 0 saturated heterocycles. The normalized spacial score (nSPS) is 17.0. The summed E-state index contributed by atoms with van der Waals surface area (Å²) in [6, 6.07) is 17.4. The third-order valence-electron chi connectivity index (χ3n) is 7.51. The standard InChI is InChI=1S/C32H38F3N3O3S/c1-21(2)20-36-22(3)24-15-16-28-25(17-24)11-7-14-29(28)37-31(39)19-30(23-9-5-4-6-10-23)38-42(40,41)27-13-8-12-26(18-27)32(33,34)35/h4-6,8-10,12-13,15-18,21-22,29-30,36,38H,7,11,14,19-20H2,1-3H3,(H,37,39)/t22-,29-,30-/m1/s1. The first-order valence-electron chi connectivity index (χ1n) is 14.2. The van der Waals surface area contributed by atoms with Gasteiger partial charge in [0.05, 0.1) is 22.5 Å². The summed E-state index contributed by atoms with van der Waals surface area (Å²) in [5, 5.41) is 6.63. The second-order valence-corrected chi connectivity index (χ2v) is 13.0. The van der Waals surface area contributed by atoms with Crippen LogP contribution in [0.5, 0.6) is 0 Å². The Balaban J connectivity index is 1.51. The van der Waals surface area contributed by atoms with Crippen molar-refractivity contribution in [1.29, 1.82) is 0 Å². The van der Waals surface area contributed by atoms with E-state index in [1.165, 1.54) is 11.1 Å². The molecule has 4 rings (SSSR count). The topological polar surface area (TPSA) is 87.3 Å².